The first-order valence-electron chi connectivity index (χ1n) is 5.52. The molecule has 0 aliphatic rings. The Labute approximate surface area is 132 Å². The van der Waals surface area contributed by atoms with E-state index in [0.717, 1.165) is 8.95 Å². The van der Waals surface area contributed by atoms with Crippen LogP contribution in [-0.4, -0.2) is 17.9 Å². The van der Waals surface area contributed by atoms with Crippen molar-refractivity contribution in [2.75, 3.05) is 7.11 Å². The average Bonchev–Trinajstić information content (AvgIpc) is 2.43. The number of pyridine rings is 1. The van der Waals surface area contributed by atoms with Gasteiger partial charge in [-0.15, -0.1) is 0 Å². The molecule has 1 aromatic carbocycles. The number of nitrogen functional groups attached to an aromatic ring is 1. The van der Waals surface area contributed by atoms with Crippen molar-refractivity contribution in [3.8, 4) is 17.4 Å². The highest BCUT2D eigenvalue weighted by Crippen LogP contribution is 2.37. The molecule has 104 valence electrons. The van der Waals surface area contributed by atoms with E-state index < -0.39 is 0 Å². The monoisotopic (exact) mass is 399 g/mol. The van der Waals surface area contributed by atoms with E-state index in [0.29, 0.717) is 22.9 Å². The minimum Gasteiger partial charge on any atom is -0.496 e. The third-order valence-corrected chi connectivity index (χ3v) is 3.71. The van der Waals surface area contributed by atoms with Crippen LogP contribution in [0.4, 0.5) is 0 Å². The first-order valence-corrected chi connectivity index (χ1v) is 7.11. The quantitative estimate of drug-likeness (QED) is 0.605. The van der Waals surface area contributed by atoms with Gasteiger partial charge in [-0.25, -0.2) is 4.98 Å². The molecular formula is C13H11Br2N3O2. The second-order valence-electron chi connectivity index (χ2n) is 3.82. The Balaban J connectivity index is 2.25. The van der Waals surface area contributed by atoms with Gasteiger partial charge in [0.05, 0.1) is 16.1 Å². The van der Waals surface area contributed by atoms with E-state index in [1.165, 1.54) is 6.20 Å². The van der Waals surface area contributed by atoms with Crippen LogP contribution in [0.3, 0.4) is 0 Å². The summed E-state index contributed by atoms with van der Waals surface area (Å²) in [4.78, 5) is 4.10. The number of hydrogen-bond donors (Lipinski definition) is 2. The molecule has 5 nitrogen and oxygen atoms in total. The number of amidine groups is 1. The normalized spacial score (nSPS) is 10.2. The van der Waals surface area contributed by atoms with E-state index in [-0.39, 0.29) is 5.84 Å². The zero-order valence-corrected chi connectivity index (χ0v) is 13.7. The van der Waals surface area contributed by atoms with E-state index >= 15 is 0 Å². The molecule has 0 radical (unpaired) electrons. The van der Waals surface area contributed by atoms with Crippen LogP contribution < -0.4 is 15.2 Å². The summed E-state index contributed by atoms with van der Waals surface area (Å²) in [5.41, 5.74) is 5.92. The third-order valence-electron chi connectivity index (χ3n) is 2.47. The second kappa shape index (κ2) is 6.23. The molecule has 0 bridgehead atoms. The van der Waals surface area contributed by atoms with Crippen molar-refractivity contribution in [2.24, 2.45) is 5.73 Å². The number of nitrogens with one attached hydrogen (secondary N) is 1. The van der Waals surface area contributed by atoms with E-state index in [2.05, 4.69) is 36.8 Å². The van der Waals surface area contributed by atoms with Gasteiger partial charge in [-0.05, 0) is 50.1 Å². The van der Waals surface area contributed by atoms with Gasteiger partial charge < -0.3 is 15.2 Å². The first-order chi connectivity index (χ1) is 9.51. The summed E-state index contributed by atoms with van der Waals surface area (Å²) >= 11 is 6.80. The predicted molar refractivity (Wildman–Crippen MR) is 83.7 cm³/mol. The highest BCUT2D eigenvalue weighted by atomic mass is 79.9. The van der Waals surface area contributed by atoms with Gasteiger partial charge in [0.25, 0.3) is 0 Å². The first kappa shape index (κ1) is 14.8. The van der Waals surface area contributed by atoms with Crippen LogP contribution in [0.15, 0.2) is 39.4 Å². The van der Waals surface area contributed by atoms with Gasteiger partial charge in [0.2, 0.25) is 5.88 Å². The van der Waals surface area contributed by atoms with Crippen LogP contribution in [0.25, 0.3) is 0 Å². The molecule has 2 rings (SSSR count). The maximum Gasteiger partial charge on any atom is 0.219 e. The van der Waals surface area contributed by atoms with Crippen molar-refractivity contribution in [2.45, 2.75) is 0 Å². The Morgan fingerprint density at radius 1 is 1.20 bits per heavy atom. The van der Waals surface area contributed by atoms with Crippen molar-refractivity contribution >= 4 is 37.7 Å². The molecule has 20 heavy (non-hydrogen) atoms. The lowest BCUT2D eigenvalue weighted by molar-refractivity contribution is 0.408. The van der Waals surface area contributed by atoms with Gasteiger partial charge in [-0.2, -0.15) is 0 Å². The summed E-state index contributed by atoms with van der Waals surface area (Å²) in [6.45, 7) is 0. The van der Waals surface area contributed by atoms with Crippen molar-refractivity contribution in [1.29, 1.82) is 5.41 Å². The van der Waals surface area contributed by atoms with Crippen LogP contribution in [0.2, 0.25) is 0 Å². The summed E-state index contributed by atoms with van der Waals surface area (Å²) in [5.74, 6) is 1.68. The number of benzene rings is 1. The molecule has 0 saturated heterocycles. The van der Waals surface area contributed by atoms with Crippen molar-refractivity contribution < 1.29 is 9.47 Å². The Kier molecular flexibility index (Phi) is 4.61. The Morgan fingerprint density at radius 3 is 2.40 bits per heavy atom. The molecule has 7 heteroatoms. The highest BCUT2D eigenvalue weighted by molar-refractivity contribution is 9.11. The number of halogens is 2. The number of ether oxygens (including phenoxy) is 2. The highest BCUT2D eigenvalue weighted by Gasteiger charge is 2.10. The Morgan fingerprint density at radius 2 is 1.85 bits per heavy atom. The molecule has 0 aliphatic carbocycles. The molecule has 0 spiro atoms. The molecule has 0 saturated carbocycles. The van der Waals surface area contributed by atoms with Crippen molar-refractivity contribution in [3.05, 3.63) is 45.0 Å². The minimum atomic E-state index is -0.0302. The topological polar surface area (TPSA) is 81.2 Å². The molecule has 0 unspecified atom stereocenters. The maximum absolute atomic E-state index is 7.30. The standard InChI is InChI=1S/C13H11Br2N3O2/c1-19-10-4-9(15)11(5-8(10)14)20-12-3-2-7(6-18-12)13(16)17/h2-6H,1H3,(H3,16,17). The number of aromatic nitrogens is 1. The summed E-state index contributed by atoms with van der Waals surface area (Å²) < 4.78 is 12.4. The summed E-state index contributed by atoms with van der Waals surface area (Å²) in [7, 11) is 1.59. The fourth-order valence-corrected chi connectivity index (χ4v) is 2.35. The molecule has 0 amide bonds. The molecule has 1 aromatic heterocycles. The molecular weight excluding hydrogens is 390 g/mol. The predicted octanol–water partition coefficient (Wildman–Crippen LogP) is 3.69. The number of methoxy groups -OCH3 is 1. The number of nitrogens with two attached hydrogens (primary N) is 1. The van der Waals surface area contributed by atoms with Gasteiger partial charge in [-0.3, -0.25) is 5.41 Å². The lowest BCUT2D eigenvalue weighted by Crippen LogP contribution is -2.11. The fraction of sp³-hybridized carbons (Fsp3) is 0.0769. The van der Waals surface area contributed by atoms with Gasteiger partial charge in [-0.1, -0.05) is 0 Å². The smallest absolute Gasteiger partial charge is 0.219 e. The largest absolute Gasteiger partial charge is 0.496 e. The zero-order valence-electron chi connectivity index (χ0n) is 10.5. The molecule has 3 N–H and O–H groups in total. The Hall–Kier alpha value is -1.60. The minimum absolute atomic E-state index is 0.0302. The Bertz CT molecular complexity index is 645. The van der Waals surface area contributed by atoms with E-state index in [1.54, 1.807) is 31.4 Å². The van der Waals surface area contributed by atoms with E-state index in [1.807, 2.05) is 0 Å². The number of hydrogen-bond acceptors (Lipinski definition) is 4. The number of nitrogens with zero attached hydrogens (tertiary/aromatic N) is 1. The molecule has 2 aromatic rings. The molecule has 0 atom stereocenters. The lowest BCUT2D eigenvalue weighted by Gasteiger charge is -2.10. The van der Waals surface area contributed by atoms with Crippen LogP contribution >= 0.6 is 31.9 Å². The zero-order chi connectivity index (χ0) is 14.7. The SMILES string of the molecule is COc1cc(Br)c(Oc2ccc(C(=N)N)cn2)cc1Br. The second-order valence-corrected chi connectivity index (χ2v) is 5.53. The summed E-state index contributed by atoms with van der Waals surface area (Å²) in [6.07, 6.45) is 1.49. The molecule has 1 heterocycles. The van der Waals surface area contributed by atoms with Gasteiger partial charge >= 0.3 is 0 Å². The lowest BCUT2D eigenvalue weighted by atomic mass is 10.3. The molecule has 0 aliphatic heterocycles. The van der Waals surface area contributed by atoms with Crippen molar-refractivity contribution in [1.82, 2.24) is 4.98 Å². The van der Waals surface area contributed by atoms with Crippen LogP contribution in [0.1, 0.15) is 5.56 Å². The van der Waals surface area contributed by atoms with Gasteiger partial charge in [0, 0.05) is 17.8 Å². The van der Waals surface area contributed by atoms with Gasteiger partial charge in [0.1, 0.15) is 17.3 Å². The van der Waals surface area contributed by atoms with E-state index in [4.69, 9.17) is 20.6 Å². The fourth-order valence-electron chi connectivity index (χ4n) is 1.46. The third kappa shape index (κ3) is 3.29. The number of rotatable bonds is 4. The van der Waals surface area contributed by atoms with E-state index in [9.17, 15) is 0 Å². The van der Waals surface area contributed by atoms with Crippen LogP contribution in [-0.2, 0) is 0 Å². The summed E-state index contributed by atoms with van der Waals surface area (Å²) in [5, 5.41) is 7.30. The maximum atomic E-state index is 7.30. The molecule has 0 fully saturated rings. The average molecular weight is 401 g/mol. The van der Waals surface area contributed by atoms with Crippen molar-refractivity contribution in [3.63, 3.8) is 0 Å². The van der Waals surface area contributed by atoms with Crippen LogP contribution in [0, 0.1) is 5.41 Å². The van der Waals surface area contributed by atoms with Gasteiger partial charge in [0.15, 0.2) is 0 Å². The summed E-state index contributed by atoms with van der Waals surface area (Å²) in [6, 6.07) is 6.91. The van der Waals surface area contributed by atoms with Crippen LogP contribution in [0.5, 0.6) is 17.4 Å².